The van der Waals surface area contributed by atoms with Crippen molar-refractivity contribution in [3.8, 4) is 0 Å². The van der Waals surface area contributed by atoms with Gasteiger partial charge in [0.1, 0.15) is 18.2 Å². The Balaban J connectivity index is 1.65. The number of hydrogen-bond acceptors (Lipinski definition) is 6. The molecule has 0 radical (unpaired) electrons. The molecule has 31 heavy (non-hydrogen) atoms. The van der Waals surface area contributed by atoms with Crippen LogP contribution in [0.4, 0.5) is 5.82 Å². The van der Waals surface area contributed by atoms with E-state index in [1.54, 1.807) is 6.20 Å². The number of H-pyrrole nitrogens is 1. The molecule has 4 rings (SSSR count). The van der Waals surface area contributed by atoms with Gasteiger partial charge in [-0.05, 0) is 25.5 Å². The van der Waals surface area contributed by atoms with Gasteiger partial charge in [0.2, 0.25) is 5.91 Å². The minimum absolute atomic E-state index is 0.0931. The predicted octanol–water partition coefficient (Wildman–Crippen LogP) is 2.33. The number of rotatable bonds is 7. The van der Waals surface area contributed by atoms with Gasteiger partial charge >= 0.3 is 0 Å². The average Bonchev–Trinajstić information content (AvgIpc) is 3.33. The van der Waals surface area contributed by atoms with Crippen LogP contribution in [-0.2, 0) is 17.8 Å². The predicted molar refractivity (Wildman–Crippen MR) is 119 cm³/mol. The van der Waals surface area contributed by atoms with Gasteiger partial charge < -0.3 is 15.2 Å². The normalized spacial score (nSPS) is 12.1. The molecule has 4 aromatic rings. The summed E-state index contributed by atoms with van der Waals surface area (Å²) in [5, 5.41) is 12.2. The zero-order valence-corrected chi connectivity index (χ0v) is 18.1. The maximum Gasteiger partial charge on any atom is 0.242 e. The zero-order valence-electron chi connectivity index (χ0n) is 18.1. The van der Waals surface area contributed by atoms with Crippen molar-refractivity contribution in [3.63, 3.8) is 0 Å². The second-order valence-corrected chi connectivity index (χ2v) is 7.83. The number of aromatic nitrogens is 6. The molecule has 9 nitrogen and oxygen atoms in total. The molecule has 0 fully saturated rings. The Morgan fingerprint density at radius 1 is 1.23 bits per heavy atom. The first-order chi connectivity index (χ1) is 14.9. The molecule has 0 saturated carbocycles. The zero-order chi connectivity index (χ0) is 22.0. The van der Waals surface area contributed by atoms with E-state index >= 15 is 0 Å². The lowest BCUT2D eigenvalue weighted by Crippen LogP contribution is -2.33. The minimum Gasteiger partial charge on any atom is -0.363 e. The number of benzene rings is 1. The Hall–Kier alpha value is -3.75. The number of para-hydroxylation sites is 1. The lowest BCUT2D eigenvalue weighted by atomic mass is 10.0. The van der Waals surface area contributed by atoms with Crippen LogP contribution in [0.2, 0.25) is 0 Å². The molecule has 0 aliphatic carbocycles. The van der Waals surface area contributed by atoms with E-state index in [0.717, 1.165) is 33.7 Å². The van der Waals surface area contributed by atoms with E-state index in [1.807, 2.05) is 63.3 Å². The van der Waals surface area contributed by atoms with E-state index < -0.39 is 0 Å². The van der Waals surface area contributed by atoms with Gasteiger partial charge in [0.25, 0.3) is 0 Å². The number of aromatic amines is 1. The van der Waals surface area contributed by atoms with Crippen molar-refractivity contribution in [1.82, 2.24) is 35.3 Å². The van der Waals surface area contributed by atoms with E-state index in [4.69, 9.17) is 0 Å². The first kappa shape index (κ1) is 20.5. The summed E-state index contributed by atoms with van der Waals surface area (Å²) in [6.07, 6.45) is 4.33. The number of aryl methyl sites for hydroxylation is 2. The standard InChI is InChI=1S/C22H26N8O/c1-14-12-30(28-27-14)13-22(31)26-19(20-10-21(29(3)4)25-15(2)24-20)9-16-11-23-18-8-6-5-7-17(16)18/h5-8,10-12,19,23H,9,13H2,1-4H3,(H,26,31). The average molecular weight is 419 g/mol. The first-order valence-corrected chi connectivity index (χ1v) is 10.1. The van der Waals surface area contributed by atoms with Crippen LogP contribution in [0.5, 0.6) is 0 Å². The number of carbonyl (C=O) groups excluding carboxylic acids is 1. The number of carbonyl (C=O) groups is 1. The smallest absolute Gasteiger partial charge is 0.242 e. The quantitative estimate of drug-likeness (QED) is 0.477. The molecule has 160 valence electrons. The van der Waals surface area contributed by atoms with Crippen molar-refractivity contribution in [2.24, 2.45) is 0 Å². The minimum atomic E-state index is -0.322. The van der Waals surface area contributed by atoms with Crippen molar-refractivity contribution in [2.75, 3.05) is 19.0 Å². The van der Waals surface area contributed by atoms with Crippen molar-refractivity contribution < 1.29 is 4.79 Å². The summed E-state index contributed by atoms with van der Waals surface area (Å²) in [4.78, 5) is 27.2. The molecular weight excluding hydrogens is 392 g/mol. The van der Waals surface area contributed by atoms with Gasteiger partial charge in [-0.1, -0.05) is 23.4 Å². The van der Waals surface area contributed by atoms with Crippen molar-refractivity contribution in [2.45, 2.75) is 32.9 Å². The summed E-state index contributed by atoms with van der Waals surface area (Å²) in [5.41, 5.74) is 3.71. The van der Waals surface area contributed by atoms with Crippen LogP contribution in [0, 0.1) is 13.8 Å². The highest BCUT2D eigenvalue weighted by atomic mass is 16.2. The van der Waals surface area contributed by atoms with Gasteiger partial charge in [-0.25, -0.2) is 14.6 Å². The third-order valence-corrected chi connectivity index (χ3v) is 5.05. The van der Waals surface area contributed by atoms with E-state index in [9.17, 15) is 4.79 Å². The van der Waals surface area contributed by atoms with Crippen molar-refractivity contribution in [1.29, 1.82) is 0 Å². The molecular formula is C22H26N8O. The van der Waals surface area contributed by atoms with Crippen molar-refractivity contribution in [3.05, 3.63) is 65.5 Å². The number of nitrogens with one attached hydrogen (secondary N) is 2. The summed E-state index contributed by atoms with van der Waals surface area (Å²) >= 11 is 0. The van der Waals surface area contributed by atoms with Crippen LogP contribution in [0.15, 0.2) is 42.7 Å². The van der Waals surface area contributed by atoms with Crippen LogP contribution < -0.4 is 10.2 Å². The molecule has 3 heterocycles. The molecule has 0 spiro atoms. The van der Waals surface area contributed by atoms with Crippen LogP contribution in [0.1, 0.15) is 28.8 Å². The molecule has 0 bridgehead atoms. The van der Waals surface area contributed by atoms with Crippen molar-refractivity contribution >= 4 is 22.6 Å². The van der Waals surface area contributed by atoms with Gasteiger partial charge in [0.15, 0.2) is 0 Å². The lowest BCUT2D eigenvalue weighted by Gasteiger charge is -2.21. The molecule has 0 saturated heterocycles. The number of hydrogen-bond donors (Lipinski definition) is 2. The largest absolute Gasteiger partial charge is 0.363 e. The van der Waals surface area contributed by atoms with Crippen LogP contribution >= 0.6 is 0 Å². The molecule has 1 aromatic carbocycles. The summed E-state index contributed by atoms with van der Waals surface area (Å²) in [6.45, 7) is 3.79. The Labute approximate surface area is 180 Å². The summed E-state index contributed by atoms with van der Waals surface area (Å²) in [7, 11) is 3.87. The fraction of sp³-hybridized carbons (Fsp3) is 0.318. The SMILES string of the molecule is Cc1cn(CC(=O)NC(Cc2c[nH]c3ccccc23)c2cc(N(C)C)nc(C)n2)nn1. The first-order valence-electron chi connectivity index (χ1n) is 10.1. The van der Waals surface area contributed by atoms with Gasteiger partial charge in [0.05, 0.1) is 17.4 Å². The molecule has 0 aliphatic rings. The topological polar surface area (TPSA) is 105 Å². The maximum absolute atomic E-state index is 12.8. The third-order valence-electron chi connectivity index (χ3n) is 5.05. The van der Waals surface area contributed by atoms with Crippen LogP contribution in [0.3, 0.4) is 0 Å². The summed E-state index contributed by atoms with van der Waals surface area (Å²) in [5.74, 6) is 1.30. The van der Waals surface area contributed by atoms with Gasteiger partial charge in [0, 0.05) is 49.9 Å². The third kappa shape index (κ3) is 4.71. The number of anilines is 1. The highest BCUT2D eigenvalue weighted by Gasteiger charge is 2.21. The molecule has 9 heteroatoms. The van der Waals surface area contributed by atoms with E-state index in [0.29, 0.717) is 12.2 Å². The summed E-state index contributed by atoms with van der Waals surface area (Å²) in [6, 6.07) is 9.73. The molecule has 1 amide bonds. The fourth-order valence-corrected chi connectivity index (χ4v) is 3.59. The Morgan fingerprint density at radius 2 is 2.03 bits per heavy atom. The fourth-order valence-electron chi connectivity index (χ4n) is 3.59. The van der Waals surface area contributed by atoms with Crippen LogP contribution in [-0.4, -0.2) is 49.9 Å². The molecule has 0 aliphatic heterocycles. The lowest BCUT2D eigenvalue weighted by molar-refractivity contribution is -0.122. The van der Waals surface area contributed by atoms with E-state index in [1.165, 1.54) is 4.68 Å². The molecule has 2 N–H and O–H groups in total. The Kier molecular flexibility index (Phi) is 5.66. The number of fused-ring (bicyclic) bond motifs is 1. The van der Waals surface area contributed by atoms with Gasteiger partial charge in [-0.2, -0.15) is 0 Å². The number of amides is 1. The van der Waals surface area contributed by atoms with E-state index in [-0.39, 0.29) is 18.5 Å². The van der Waals surface area contributed by atoms with Gasteiger partial charge in [-0.3, -0.25) is 4.79 Å². The number of nitrogens with zero attached hydrogens (tertiary/aromatic N) is 6. The summed E-state index contributed by atoms with van der Waals surface area (Å²) < 4.78 is 1.53. The molecule has 1 atom stereocenters. The molecule has 3 aromatic heterocycles. The van der Waals surface area contributed by atoms with Crippen LogP contribution in [0.25, 0.3) is 10.9 Å². The molecule has 1 unspecified atom stereocenters. The Bertz CT molecular complexity index is 1210. The highest BCUT2D eigenvalue weighted by molar-refractivity contribution is 5.83. The van der Waals surface area contributed by atoms with Gasteiger partial charge in [-0.15, -0.1) is 5.10 Å². The second-order valence-electron chi connectivity index (χ2n) is 7.83. The highest BCUT2D eigenvalue weighted by Crippen LogP contribution is 2.25. The monoisotopic (exact) mass is 418 g/mol. The Morgan fingerprint density at radius 3 is 2.77 bits per heavy atom. The maximum atomic E-state index is 12.8. The second kappa shape index (κ2) is 8.55. The van der Waals surface area contributed by atoms with E-state index in [2.05, 4.69) is 36.6 Å².